The van der Waals surface area contributed by atoms with Gasteiger partial charge < -0.3 is 4.74 Å². The largest absolute Gasteiger partial charge is 0.455 e. The third kappa shape index (κ3) is 5.64. The summed E-state index contributed by atoms with van der Waals surface area (Å²) in [5.74, 6) is -0.956. The fourth-order valence-electron chi connectivity index (χ4n) is 2.60. The van der Waals surface area contributed by atoms with Gasteiger partial charge >= 0.3 is 5.97 Å². The molecule has 0 saturated heterocycles. The maximum absolute atomic E-state index is 12.1. The molecule has 0 heterocycles. The summed E-state index contributed by atoms with van der Waals surface area (Å²) in [6.45, 7) is -0.383. The van der Waals surface area contributed by atoms with Gasteiger partial charge in [-0.25, -0.2) is 5.43 Å². The maximum Gasteiger partial charge on any atom is 0.310 e. The SMILES string of the molecule is O=C(COC(=O)Cc1ccccc1)NN=C(c1ccccc1)c1ccccc1. The van der Waals surface area contributed by atoms with E-state index in [1.165, 1.54) is 0 Å². The molecule has 0 aliphatic heterocycles. The Hall–Kier alpha value is -3.73. The molecule has 0 spiro atoms. The zero-order valence-corrected chi connectivity index (χ0v) is 15.2. The van der Waals surface area contributed by atoms with Crippen LogP contribution >= 0.6 is 0 Å². The summed E-state index contributed by atoms with van der Waals surface area (Å²) in [6, 6.07) is 28.3. The zero-order chi connectivity index (χ0) is 19.6. The topological polar surface area (TPSA) is 67.8 Å². The summed E-state index contributed by atoms with van der Waals surface area (Å²) < 4.78 is 5.03. The third-order valence-corrected chi connectivity index (χ3v) is 3.94. The molecule has 3 aromatic carbocycles. The van der Waals surface area contributed by atoms with Gasteiger partial charge in [0.05, 0.1) is 12.1 Å². The summed E-state index contributed by atoms with van der Waals surface area (Å²) in [7, 11) is 0. The van der Waals surface area contributed by atoms with E-state index < -0.39 is 11.9 Å². The van der Waals surface area contributed by atoms with Crippen LogP contribution in [0.15, 0.2) is 96.1 Å². The highest BCUT2D eigenvalue weighted by molar-refractivity contribution is 6.13. The summed E-state index contributed by atoms with van der Waals surface area (Å²) in [6.07, 6.45) is 0.122. The molecular formula is C23H20N2O3. The van der Waals surface area contributed by atoms with Crippen molar-refractivity contribution in [2.75, 3.05) is 6.61 Å². The number of benzene rings is 3. The Balaban J connectivity index is 1.61. The number of hydrazone groups is 1. The average Bonchev–Trinajstić information content (AvgIpc) is 2.75. The molecule has 140 valence electrons. The maximum atomic E-state index is 12.1. The van der Waals surface area contributed by atoms with E-state index in [9.17, 15) is 9.59 Å². The van der Waals surface area contributed by atoms with E-state index in [0.29, 0.717) is 5.71 Å². The quantitative estimate of drug-likeness (QED) is 0.393. The van der Waals surface area contributed by atoms with Crippen LogP contribution < -0.4 is 5.43 Å². The first-order valence-corrected chi connectivity index (χ1v) is 8.89. The minimum atomic E-state index is -0.495. The molecule has 0 bridgehead atoms. The van der Waals surface area contributed by atoms with Crippen molar-refractivity contribution in [2.24, 2.45) is 5.10 Å². The van der Waals surface area contributed by atoms with Crippen LogP contribution in [0.2, 0.25) is 0 Å². The standard InChI is InChI=1S/C23H20N2O3/c26-21(17-28-22(27)16-18-10-4-1-5-11-18)24-25-23(19-12-6-2-7-13-19)20-14-8-3-9-15-20/h1-15H,16-17H2,(H,24,26). The predicted octanol–water partition coefficient (Wildman–Crippen LogP) is 3.34. The third-order valence-electron chi connectivity index (χ3n) is 3.94. The first-order chi connectivity index (χ1) is 13.7. The molecule has 0 aliphatic carbocycles. The molecule has 3 aromatic rings. The van der Waals surface area contributed by atoms with E-state index in [4.69, 9.17) is 4.74 Å². The van der Waals surface area contributed by atoms with Gasteiger partial charge in [0, 0.05) is 11.1 Å². The van der Waals surface area contributed by atoms with Gasteiger partial charge in [-0.15, -0.1) is 0 Å². The van der Waals surface area contributed by atoms with Crippen LogP contribution in [0.25, 0.3) is 0 Å². The number of amides is 1. The number of rotatable bonds is 7. The second-order valence-electron chi connectivity index (χ2n) is 6.05. The number of hydrogen-bond donors (Lipinski definition) is 1. The van der Waals surface area contributed by atoms with Crippen molar-refractivity contribution >= 4 is 17.6 Å². The van der Waals surface area contributed by atoms with Crippen molar-refractivity contribution in [3.05, 3.63) is 108 Å². The molecule has 0 saturated carbocycles. The Morgan fingerprint density at radius 3 is 1.79 bits per heavy atom. The number of carbonyl (C=O) groups is 2. The molecule has 3 rings (SSSR count). The Labute approximate surface area is 163 Å². The van der Waals surface area contributed by atoms with Crippen LogP contribution in [-0.4, -0.2) is 24.2 Å². The number of carbonyl (C=O) groups excluding carboxylic acids is 2. The fraction of sp³-hybridized carbons (Fsp3) is 0.0870. The summed E-state index contributed by atoms with van der Waals surface area (Å²) in [5, 5.41) is 4.25. The van der Waals surface area contributed by atoms with E-state index in [0.717, 1.165) is 16.7 Å². The minimum absolute atomic E-state index is 0.122. The van der Waals surface area contributed by atoms with Crippen molar-refractivity contribution in [1.82, 2.24) is 5.43 Å². The number of ether oxygens (including phenoxy) is 1. The summed E-state index contributed by atoms with van der Waals surface area (Å²) in [5.41, 5.74) is 5.68. The van der Waals surface area contributed by atoms with Crippen molar-refractivity contribution in [2.45, 2.75) is 6.42 Å². The molecule has 0 aliphatic rings. The first-order valence-electron chi connectivity index (χ1n) is 8.89. The van der Waals surface area contributed by atoms with Crippen molar-refractivity contribution in [1.29, 1.82) is 0 Å². The van der Waals surface area contributed by atoms with Gasteiger partial charge in [0.1, 0.15) is 0 Å². The fourth-order valence-corrected chi connectivity index (χ4v) is 2.60. The lowest BCUT2D eigenvalue weighted by Gasteiger charge is -2.08. The Morgan fingerprint density at radius 1 is 0.750 bits per heavy atom. The van der Waals surface area contributed by atoms with E-state index in [2.05, 4.69) is 10.5 Å². The predicted molar refractivity (Wildman–Crippen MR) is 108 cm³/mol. The van der Waals surface area contributed by atoms with Crippen LogP contribution in [0.1, 0.15) is 16.7 Å². The van der Waals surface area contributed by atoms with E-state index in [1.807, 2.05) is 91.0 Å². The Morgan fingerprint density at radius 2 is 1.25 bits per heavy atom. The second-order valence-corrected chi connectivity index (χ2v) is 6.05. The lowest BCUT2D eigenvalue weighted by Crippen LogP contribution is -2.26. The van der Waals surface area contributed by atoms with Crippen LogP contribution in [0.4, 0.5) is 0 Å². The molecule has 0 atom stereocenters. The van der Waals surface area contributed by atoms with Crippen molar-refractivity contribution in [3.63, 3.8) is 0 Å². The van der Waals surface area contributed by atoms with Gasteiger partial charge in [-0.3, -0.25) is 9.59 Å². The minimum Gasteiger partial charge on any atom is -0.455 e. The first kappa shape index (κ1) is 19.0. The number of nitrogens with zero attached hydrogens (tertiary/aromatic N) is 1. The Bertz CT molecular complexity index is 898. The van der Waals surface area contributed by atoms with E-state index in [-0.39, 0.29) is 13.0 Å². The highest BCUT2D eigenvalue weighted by atomic mass is 16.5. The lowest BCUT2D eigenvalue weighted by molar-refractivity contribution is -0.147. The number of esters is 1. The van der Waals surface area contributed by atoms with Crippen LogP contribution in [0.5, 0.6) is 0 Å². The molecule has 1 N–H and O–H groups in total. The van der Waals surface area contributed by atoms with Gasteiger partial charge in [0.25, 0.3) is 5.91 Å². The zero-order valence-electron chi connectivity index (χ0n) is 15.2. The van der Waals surface area contributed by atoms with Gasteiger partial charge in [-0.2, -0.15) is 5.10 Å². The smallest absolute Gasteiger partial charge is 0.310 e. The lowest BCUT2D eigenvalue weighted by atomic mass is 10.0. The number of nitrogens with one attached hydrogen (secondary N) is 1. The van der Waals surface area contributed by atoms with E-state index >= 15 is 0 Å². The van der Waals surface area contributed by atoms with Crippen molar-refractivity contribution < 1.29 is 14.3 Å². The molecule has 0 unspecified atom stereocenters. The molecule has 28 heavy (non-hydrogen) atoms. The Kier molecular flexibility index (Phi) is 6.68. The number of hydrogen-bond acceptors (Lipinski definition) is 4. The highest BCUT2D eigenvalue weighted by Crippen LogP contribution is 2.10. The van der Waals surface area contributed by atoms with Crippen LogP contribution in [0, 0.1) is 0 Å². The molecule has 0 aromatic heterocycles. The highest BCUT2D eigenvalue weighted by Gasteiger charge is 2.10. The molecule has 0 radical (unpaired) electrons. The van der Waals surface area contributed by atoms with Crippen LogP contribution in [0.3, 0.4) is 0 Å². The van der Waals surface area contributed by atoms with Gasteiger partial charge in [-0.05, 0) is 5.56 Å². The molecule has 5 heteroatoms. The molecule has 0 fully saturated rings. The molecular weight excluding hydrogens is 352 g/mol. The summed E-state index contributed by atoms with van der Waals surface area (Å²) >= 11 is 0. The van der Waals surface area contributed by atoms with E-state index in [1.54, 1.807) is 0 Å². The second kappa shape index (κ2) is 9.83. The van der Waals surface area contributed by atoms with Gasteiger partial charge in [0.15, 0.2) is 6.61 Å². The molecule has 5 nitrogen and oxygen atoms in total. The van der Waals surface area contributed by atoms with Crippen molar-refractivity contribution in [3.8, 4) is 0 Å². The average molecular weight is 372 g/mol. The van der Waals surface area contributed by atoms with Crippen LogP contribution in [-0.2, 0) is 20.7 Å². The summed E-state index contributed by atoms with van der Waals surface area (Å²) in [4.78, 5) is 23.9. The normalized spacial score (nSPS) is 10.0. The van der Waals surface area contributed by atoms with Gasteiger partial charge in [-0.1, -0.05) is 91.0 Å². The van der Waals surface area contributed by atoms with Gasteiger partial charge in [0.2, 0.25) is 0 Å². The molecule has 1 amide bonds. The monoisotopic (exact) mass is 372 g/mol.